The van der Waals surface area contributed by atoms with Gasteiger partial charge in [0.1, 0.15) is 0 Å². The smallest absolute Gasteiger partial charge is 0.491 e. The molecule has 1 saturated heterocycles. The van der Waals surface area contributed by atoms with Crippen LogP contribution >= 0.6 is 0 Å². The monoisotopic (exact) mass is 312 g/mol. The predicted octanol–water partition coefficient (Wildman–Crippen LogP) is 1.42. The number of rotatable bonds is 6. The van der Waals surface area contributed by atoms with Gasteiger partial charge >= 0.3 is 18.9 Å². The van der Waals surface area contributed by atoms with Crippen LogP contribution in [0.3, 0.4) is 0 Å². The molecule has 1 aromatic rings. The van der Waals surface area contributed by atoms with Gasteiger partial charge < -0.3 is 9.47 Å². The molecule has 0 spiro atoms. The zero-order chi connectivity index (χ0) is 15.3. The largest absolute Gasteiger partial charge is 1.00 e. The fourth-order valence-electron chi connectivity index (χ4n) is 3.34. The molecule has 0 N–H and O–H groups in total. The first kappa shape index (κ1) is 19.8. The number of ether oxygens (including phenoxy) is 2. The summed E-state index contributed by atoms with van der Waals surface area (Å²) in [5.74, 6) is 0.963. The van der Waals surface area contributed by atoms with Crippen molar-refractivity contribution in [3.8, 4) is 5.75 Å². The van der Waals surface area contributed by atoms with Crippen molar-refractivity contribution in [1.82, 2.24) is 0 Å². The summed E-state index contributed by atoms with van der Waals surface area (Å²) >= 11 is 0. The van der Waals surface area contributed by atoms with Crippen molar-refractivity contribution in [3.05, 3.63) is 23.8 Å². The van der Waals surface area contributed by atoms with Gasteiger partial charge in [-0.25, -0.2) is 0 Å². The fourth-order valence-corrected chi connectivity index (χ4v) is 7.13. The van der Waals surface area contributed by atoms with Crippen molar-refractivity contribution in [2.75, 3.05) is 6.61 Å². The van der Waals surface area contributed by atoms with E-state index in [9.17, 15) is 0 Å². The van der Waals surface area contributed by atoms with E-state index >= 15 is 0 Å². The van der Waals surface area contributed by atoms with Crippen LogP contribution in [0.1, 0.15) is 45.6 Å². The van der Waals surface area contributed by atoms with Crippen LogP contribution in [0.2, 0.25) is 18.1 Å². The maximum Gasteiger partial charge on any atom is 1.00 e. The maximum atomic E-state index is 6.21. The molecule has 1 fully saturated rings. The van der Waals surface area contributed by atoms with Crippen LogP contribution in [-0.2, 0) is 4.74 Å². The SMILES string of the molecule is CC[Si](CC)(CC)c1cc(C)c[c-]c1OC1CCCCO1.[Li+]. The average molecular weight is 312 g/mol. The second kappa shape index (κ2) is 9.18. The van der Waals surface area contributed by atoms with Gasteiger partial charge in [-0.1, -0.05) is 45.8 Å². The standard InChI is InChI=1S/C18H29O2Si.Li/c1-5-21(6-2,7-3)17-14-15(4)11-12-16(17)20-18-10-8-9-13-19-18;/h11,14,18H,5-10,13H2,1-4H3;/q-1;+1. The molecule has 1 unspecified atom stereocenters. The van der Waals surface area contributed by atoms with Crippen molar-refractivity contribution in [3.63, 3.8) is 0 Å². The van der Waals surface area contributed by atoms with Crippen LogP contribution in [0.4, 0.5) is 0 Å². The normalized spacial score (nSPS) is 18.6. The summed E-state index contributed by atoms with van der Waals surface area (Å²) in [5.41, 5.74) is 1.29. The molecule has 1 aliphatic rings. The quantitative estimate of drug-likeness (QED) is 0.584. The van der Waals surface area contributed by atoms with Gasteiger partial charge in [0.05, 0.1) is 6.61 Å². The third kappa shape index (κ3) is 4.42. The second-order valence-electron chi connectivity index (χ2n) is 6.17. The van der Waals surface area contributed by atoms with Crippen LogP contribution in [0, 0.1) is 13.0 Å². The fraction of sp³-hybridized carbons (Fsp3) is 0.667. The van der Waals surface area contributed by atoms with E-state index in [1.165, 1.54) is 35.3 Å². The first-order valence-corrected chi connectivity index (χ1v) is 11.1. The molecule has 0 aliphatic carbocycles. The minimum absolute atomic E-state index is 0. The molecule has 0 radical (unpaired) electrons. The van der Waals surface area contributed by atoms with E-state index in [1.54, 1.807) is 0 Å². The Kier molecular flexibility index (Phi) is 8.28. The molecule has 4 heteroatoms. The minimum atomic E-state index is -1.47. The molecule has 2 nitrogen and oxygen atoms in total. The van der Waals surface area contributed by atoms with Crippen LogP contribution in [0.25, 0.3) is 0 Å². The third-order valence-electron chi connectivity index (χ3n) is 5.04. The van der Waals surface area contributed by atoms with E-state index in [-0.39, 0.29) is 25.2 Å². The molecular weight excluding hydrogens is 283 g/mol. The van der Waals surface area contributed by atoms with E-state index in [4.69, 9.17) is 9.47 Å². The topological polar surface area (TPSA) is 18.5 Å². The van der Waals surface area contributed by atoms with Crippen LogP contribution in [-0.4, -0.2) is 21.0 Å². The Hall–Kier alpha value is -0.206. The summed E-state index contributed by atoms with van der Waals surface area (Å²) in [6, 6.07) is 11.6. The van der Waals surface area contributed by atoms with Crippen molar-refractivity contribution in [1.29, 1.82) is 0 Å². The molecule has 0 bridgehead atoms. The van der Waals surface area contributed by atoms with Crippen molar-refractivity contribution >= 4 is 13.3 Å². The van der Waals surface area contributed by atoms with Gasteiger partial charge in [0, 0.05) is 20.2 Å². The summed E-state index contributed by atoms with van der Waals surface area (Å²) < 4.78 is 12.0. The average Bonchev–Trinajstić information content (AvgIpc) is 2.53. The van der Waals surface area contributed by atoms with Crippen LogP contribution in [0.15, 0.2) is 12.1 Å². The van der Waals surface area contributed by atoms with E-state index in [2.05, 4.69) is 39.8 Å². The first-order valence-electron chi connectivity index (χ1n) is 8.46. The number of aryl methyl sites for hydroxylation is 1. The van der Waals surface area contributed by atoms with E-state index in [1.807, 2.05) is 6.07 Å². The Balaban J connectivity index is 0.00000242. The molecule has 0 aromatic heterocycles. The predicted molar refractivity (Wildman–Crippen MR) is 91.1 cm³/mol. The van der Waals surface area contributed by atoms with Gasteiger partial charge in [-0.15, -0.1) is 11.3 Å². The Bertz CT molecular complexity index is 446. The zero-order valence-electron chi connectivity index (χ0n) is 15.0. The number of benzene rings is 1. The van der Waals surface area contributed by atoms with Crippen LogP contribution in [0.5, 0.6) is 5.75 Å². The van der Waals surface area contributed by atoms with Gasteiger partial charge in [-0.3, -0.25) is 0 Å². The molecule has 0 amide bonds. The van der Waals surface area contributed by atoms with Gasteiger partial charge in [0.15, 0.2) is 6.29 Å². The maximum absolute atomic E-state index is 6.21. The van der Waals surface area contributed by atoms with Gasteiger partial charge in [-0.2, -0.15) is 17.7 Å². The molecule has 1 atom stereocenters. The number of hydrogen-bond donors (Lipinski definition) is 0. The Morgan fingerprint density at radius 1 is 1.23 bits per heavy atom. The van der Waals surface area contributed by atoms with Gasteiger partial charge in [0.2, 0.25) is 0 Å². The van der Waals surface area contributed by atoms with E-state index < -0.39 is 8.07 Å². The van der Waals surface area contributed by atoms with Gasteiger partial charge in [0.25, 0.3) is 0 Å². The van der Waals surface area contributed by atoms with Crippen molar-refractivity contribution < 1.29 is 28.3 Å². The van der Waals surface area contributed by atoms with Crippen LogP contribution < -0.4 is 28.8 Å². The minimum Gasteiger partial charge on any atom is -0.491 e. The molecule has 0 saturated carbocycles. The van der Waals surface area contributed by atoms with Crippen molar-refractivity contribution in [2.24, 2.45) is 0 Å². The summed E-state index contributed by atoms with van der Waals surface area (Å²) in [4.78, 5) is 0. The third-order valence-corrected chi connectivity index (χ3v) is 10.6. The summed E-state index contributed by atoms with van der Waals surface area (Å²) in [6.45, 7) is 9.98. The Morgan fingerprint density at radius 3 is 2.45 bits per heavy atom. The zero-order valence-corrected chi connectivity index (χ0v) is 16.0. The molecule has 1 aliphatic heterocycles. The summed E-state index contributed by atoms with van der Waals surface area (Å²) in [5, 5.41) is 1.45. The molecule has 1 aromatic carbocycles. The van der Waals surface area contributed by atoms with E-state index in [0.29, 0.717) is 0 Å². The molecule has 22 heavy (non-hydrogen) atoms. The number of hydrogen-bond acceptors (Lipinski definition) is 2. The summed E-state index contributed by atoms with van der Waals surface area (Å²) in [6.07, 6.45) is 3.28. The Morgan fingerprint density at radius 2 is 1.91 bits per heavy atom. The van der Waals surface area contributed by atoms with Crippen molar-refractivity contribution in [2.45, 2.75) is 71.4 Å². The molecule has 118 valence electrons. The summed E-state index contributed by atoms with van der Waals surface area (Å²) in [7, 11) is -1.47. The molecule has 1 heterocycles. The Labute approximate surface area is 149 Å². The van der Waals surface area contributed by atoms with Gasteiger partial charge in [-0.05, 0) is 12.8 Å². The van der Waals surface area contributed by atoms with E-state index in [0.717, 1.165) is 25.2 Å². The second-order valence-corrected chi connectivity index (χ2v) is 11.4. The molecular formula is C18H29LiO2Si. The first-order chi connectivity index (χ1) is 10.1. The molecule has 2 rings (SSSR count).